The van der Waals surface area contributed by atoms with Crippen LogP contribution in [0.25, 0.3) is 0 Å². The number of hydrogen-bond donors (Lipinski definition) is 2. The average molecular weight is 395 g/mol. The Hall–Kier alpha value is -3.94. The van der Waals surface area contributed by atoms with E-state index in [0.29, 0.717) is 16.9 Å². The molecule has 0 aliphatic heterocycles. The molecule has 3 aromatic rings. The van der Waals surface area contributed by atoms with E-state index in [1.165, 1.54) is 42.5 Å². The first kappa shape index (κ1) is 19.8. The van der Waals surface area contributed by atoms with Gasteiger partial charge in [0.05, 0.1) is 12.8 Å². The molecule has 3 amide bonds. The summed E-state index contributed by atoms with van der Waals surface area (Å²) in [5.41, 5.74) is 1.30. The van der Waals surface area contributed by atoms with Gasteiger partial charge in [-0.05, 0) is 60.7 Å². The van der Waals surface area contributed by atoms with E-state index in [0.717, 1.165) is 0 Å². The van der Waals surface area contributed by atoms with Crippen LogP contribution in [0.15, 0.2) is 71.3 Å². The van der Waals surface area contributed by atoms with Crippen molar-refractivity contribution < 1.29 is 23.2 Å². The van der Waals surface area contributed by atoms with Crippen molar-refractivity contribution in [2.24, 2.45) is 0 Å². The van der Waals surface area contributed by atoms with Crippen molar-refractivity contribution in [3.05, 3.63) is 84.1 Å². The van der Waals surface area contributed by atoms with Gasteiger partial charge < -0.3 is 20.0 Å². The Kier molecular flexibility index (Phi) is 6.03. The fraction of sp³-hybridized carbons (Fsp3) is 0.0952. The second kappa shape index (κ2) is 8.83. The number of benzene rings is 2. The number of amides is 3. The first-order valence-electron chi connectivity index (χ1n) is 8.68. The number of hydrogen-bond acceptors (Lipinski definition) is 4. The summed E-state index contributed by atoms with van der Waals surface area (Å²) in [6.07, 6.45) is 1.40. The van der Waals surface area contributed by atoms with Crippen LogP contribution in [0.4, 0.5) is 15.8 Å². The van der Waals surface area contributed by atoms with Crippen molar-refractivity contribution in [3.8, 4) is 0 Å². The van der Waals surface area contributed by atoms with Crippen molar-refractivity contribution in [3.63, 3.8) is 0 Å². The van der Waals surface area contributed by atoms with Crippen molar-refractivity contribution in [2.45, 2.75) is 0 Å². The van der Waals surface area contributed by atoms with Gasteiger partial charge in [-0.3, -0.25) is 14.4 Å². The molecule has 0 aliphatic carbocycles. The molecule has 0 atom stereocenters. The van der Waals surface area contributed by atoms with Crippen molar-refractivity contribution in [1.29, 1.82) is 0 Å². The third kappa shape index (κ3) is 5.29. The largest absolute Gasteiger partial charge is 0.459 e. The Bertz CT molecular complexity index is 999. The fourth-order valence-corrected chi connectivity index (χ4v) is 2.54. The van der Waals surface area contributed by atoms with E-state index in [4.69, 9.17) is 4.42 Å². The van der Waals surface area contributed by atoms with E-state index in [1.807, 2.05) is 0 Å². The van der Waals surface area contributed by atoms with E-state index in [1.54, 1.807) is 36.4 Å². The third-order valence-electron chi connectivity index (χ3n) is 3.99. The van der Waals surface area contributed by atoms with Crippen LogP contribution in [0.1, 0.15) is 20.9 Å². The summed E-state index contributed by atoms with van der Waals surface area (Å²) in [7, 11) is 1.50. The molecule has 0 bridgehead atoms. The molecule has 1 heterocycles. The lowest BCUT2D eigenvalue weighted by molar-refractivity contribution is -0.116. The zero-order valence-electron chi connectivity index (χ0n) is 15.5. The molecule has 0 fully saturated rings. The maximum atomic E-state index is 12.9. The highest BCUT2D eigenvalue weighted by Crippen LogP contribution is 2.13. The number of nitrogens with zero attached hydrogens (tertiary/aromatic N) is 1. The summed E-state index contributed by atoms with van der Waals surface area (Å²) < 4.78 is 17.9. The SMILES string of the molecule is CN(CC(=O)Nc1ccc(F)cc1)C(=O)c1ccc(NC(=O)c2ccco2)cc1. The minimum Gasteiger partial charge on any atom is -0.459 e. The predicted octanol–water partition coefficient (Wildman–Crippen LogP) is 3.38. The quantitative estimate of drug-likeness (QED) is 0.669. The first-order chi connectivity index (χ1) is 13.9. The number of anilines is 2. The third-order valence-corrected chi connectivity index (χ3v) is 3.99. The van der Waals surface area contributed by atoms with Gasteiger partial charge in [0.25, 0.3) is 11.8 Å². The van der Waals surface area contributed by atoms with Crippen LogP contribution in [0.2, 0.25) is 0 Å². The van der Waals surface area contributed by atoms with Crippen LogP contribution >= 0.6 is 0 Å². The number of carbonyl (C=O) groups is 3. The van der Waals surface area contributed by atoms with Gasteiger partial charge in [-0.25, -0.2) is 4.39 Å². The summed E-state index contributed by atoms with van der Waals surface area (Å²) in [6, 6.07) is 14.8. The Morgan fingerprint density at radius 2 is 1.55 bits per heavy atom. The molecule has 0 aliphatic rings. The van der Waals surface area contributed by atoms with E-state index in [9.17, 15) is 18.8 Å². The standard InChI is InChI=1S/C21H18FN3O4/c1-25(13-19(26)23-16-10-6-15(22)7-11-16)21(28)14-4-8-17(9-5-14)24-20(27)18-3-2-12-29-18/h2-12H,13H2,1H3,(H,23,26)(H,24,27). The highest BCUT2D eigenvalue weighted by atomic mass is 19.1. The van der Waals surface area contributed by atoms with E-state index < -0.39 is 17.6 Å². The Morgan fingerprint density at radius 3 is 2.17 bits per heavy atom. The number of halogens is 1. The molecule has 2 N–H and O–H groups in total. The van der Waals surface area contributed by atoms with Gasteiger partial charge in [-0.1, -0.05) is 0 Å². The lowest BCUT2D eigenvalue weighted by Crippen LogP contribution is -2.34. The maximum Gasteiger partial charge on any atom is 0.291 e. The first-order valence-corrected chi connectivity index (χ1v) is 8.68. The number of furan rings is 1. The average Bonchev–Trinajstić information content (AvgIpc) is 3.25. The minimum atomic E-state index is -0.408. The van der Waals surface area contributed by atoms with Crippen molar-refractivity contribution in [1.82, 2.24) is 4.90 Å². The summed E-state index contributed by atoms with van der Waals surface area (Å²) in [6.45, 7) is -0.173. The van der Waals surface area contributed by atoms with Crippen LogP contribution in [-0.2, 0) is 4.79 Å². The van der Waals surface area contributed by atoms with Gasteiger partial charge in [0.15, 0.2) is 5.76 Å². The van der Waals surface area contributed by atoms with Gasteiger partial charge in [0.2, 0.25) is 5.91 Å². The van der Waals surface area contributed by atoms with Gasteiger partial charge in [-0.2, -0.15) is 0 Å². The van der Waals surface area contributed by atoms with Crippen molar-refractivity contribution in [2.75, 3.05) is 24.2 Å². The molecule has 0 saturated carbocycles. The Morgan fingerprint density at radius 1 is 0.931 bits per heavy atom. The molecule has 29 heavy (non-hydrogen) atoms. The summed E-state index contributed by atoms with van der Waals surface area (Å²) in [5, 5.41) is 5.25. The lowest BCUT2D eigenvalue weighted by atomic mass is 10.2. The summed E-state index contributed by atoms with van der Waals surface area (Å²) in [5.74, 6) is -1.39. The highest BCUT2D eigenvalue weighted by Gasteiger charge is 2.16. The lowest BCUT2D eigenvalue weighted by Gasteiger charge is -2.17. The van der Waals surface area contributed by atoms with E-state index in [-0.39, 0.29) is 18.2 Å². The normalized spacial score (nSPS) is 10.3. The molecule has 7 nitrogen and oxygen atoms in total. The highest BCUT2D eigenvalue weighted by molar-refractivity contribution is 6.03. The molecular weight excluding hydrogens is 377 g/mol. The van der Waals surface area contributed by atoms with Crippen LogP contribution in [0.3, 0.4) is 0 Å². The van der Waals surface area contributed by atoms with Gasteiger partial charge in [-0.15, -0.1) is 0 Å². The molecular formula is C21H18FN3O4. The number of nitrogens with one attached hydrogen (secondary N) is 2. The van der Waals surface area contributed by atoms with E-state index in [2.05, 4.69) is 10.6 Å². The van der Waals surface area contributed by atoms with Crippen LogP contribution < -0.4 is 10.6 Å². The summed E-state index contributed by atoms with van der Waals surface area (Å²) in [4.78, 5) is 37.8. The molecule has 0 radical (unpaired) electrons. The van der Waals surface area contributed by atoms with Gasteiger partial charge >= 0.3 is 0 Å². The molecule has 1 aromatic heterocycles. The number of carbonyl (C=O) groups excluding carboxylic acids is 3. The smallest absolute Gasteiger partial charge is 0.291 e. The van der Waals surface area contributed by atoms with Gasteiger partial charge in [0.1, 0.15) is 5.82 Å². The topological polar surface area (TPSA) is 91.7 Å². The molecule has 3 rings (SSSR count). The molecule has 148 valence electrons. The minimum absolute atomic E-state index is 0.173. The molecule has 0 spiro atoms. The number of rotatable bonds is 6. The Labute approximate surface area is 166 Å². The fourth-order valence-electron chi connectivity index (χ4n) is 2.54. The van der Waals surface area contributed by atoms with Crippen LogP contribution in [0.5, 0.6) is 0 Å². The molecule has 0 unspecified atom stereocenters. The molecule has 0 saturated heterocycles. The second-order valence-electron chi connectivity index (χ2n) is 6.23. The van der Waals surface area contributed by atoms with Crippen molar-refractivity contribution >= 4 is 29.1 Å². The zero-order chi connectivity index (χ0) is 20.8. The zero-order valence-corrected chi connectivity index (χ0v) is 15.5. The molecule has 8 heteroatoms. The summed E-state index contributed by atoms with van der Waals surface area (Å²) >= 11 is 0. The van der Waals surface area contributed by atoms with Crippen LogP contribution in [0, 0.1) is 5.82 Å². The monoisotopic (exact) mass is 395 g/mol. The molecule has 2 aromatic carbocycles. The maximum absolute atomic E-state index is 12.9. The second-order valence-corrected chi connectivity index (χ2v) is 6.23. The number of likely N-dealkylation sites (N-methyl/N-ethyl adjacent to an activating group) is 1. The van der Waals surface area contributed by atoms with E-state index >= 15 is 0 Å². The van der Waals surface area contributed by atoms with Gasteiger partial charge in [0, 0.05) is 24.0 Å². The predicted molar refractivity (Wildman–Crippen MR) is 105 cm³/mol. The Balaban J connectivity index is 1.55. The van der Waals surface area contributed by atoms with Crippen LogP contribution in [-0.4, -0.2) is 36.2 Å².